The monoisotopic (exact) mass is 181 g/mol. The Balaban J connectivity index is 2.11. The Labute approximate surface area is 77.8 Å². The van der Waals surface area contributed by atoms with Gasteiger partial charge in [-0.25, -0.2) is 0 Å². The summed E-state index contributed by atoms with van der Waals surface area (Å²) < 4.78 is 0. The molecule has 1 aliphatic heterocycles. The van der Waals surface area contributed by atoms with Crippen LogP contribution in [0.15, 0.2) is 17.5 Å². The fraction of sp³-hybridized carbons (Fsp3) is 0.600. The van der Waals surface area contributed by atoms with Crippen LogP contribution in [0, 0.1) is 0 Å². The van der Waals surface area contributed by atoms with Crippen LogP contribution in [-0.4, -0.2) is 12.6 Å². The van der Waals surface area contributed by atoms with Gasteiger partial charge in [-0.2, -0.15) is 0 Å². The van der Waals surface area contributed by atoms with Gasteiger partial charge in [-0.05, 0) is 37.8 Å². The fourth-order valence-electron chi connectivity index (χ4n) is 1.93. The summed E-state index contributed by atoms with van der Waals surface area (Å²) in [6.07, 6.45) is 2.68. The van der Waals surface area contributed by atoms with Crippen molar-refractivity contribution in [3.05, 3.63) is 22.4 Å². The number of piperidine rings is 1. The van der Waals surface area contributed by atoms with E-state index in [1.165, 1.54) is 19.4 Å². The quantitative estimate of drug-likeness (QED) is 0.702. The molecule has 1 fully saturated rings. The summed E-state index contributed by atoms with van der Waals surface area (Å²) in [6, 6.07) is 5.08. The Bertz CT molecular complexity index is 230. The van der Waals surface area contributed by atoms with Gasteiger partial charge >= 0.3 is 0 Å². The molecule has 1 aliphatic rings. The van der Waals surface area contributed by atoms with Crippen LogP contribution in [0.1, 0.15) is 30.6 Å². The second-order valence-corrected chi connectivity index (χ2v) is 4.49. The number of thiophene rings is 1. The predicted molar refractivity (Wildman–Crippen MR) is 53.8 cm³/mol. The molecule has 1 saturated heterocycles. The zero-order valence-corrected chi connectivity index (χ0v) is 8.23. The predicted octanol–water partition coefficient (Wildman–Crippen LogP) is 2.60. The van der Waals surface area contributed by atoms with E-state index >= 15 is 0 Å². The van der Waals surface area contributed by atoms with Gasteiger partial charge in [0.25, 0.3) is 0 Å². The minimum Gasteiger partial charge on any atom is -0.314 e. The van der Waals surface area contributed by atoms with E-state index in [4.69, 9.17) is 0 Å². The van der Waals surface area contributed by atoms with Crippen molar-refractivity contribution >= 4 is 11.3 Å². The van der Waals surface area contributed by atoms with E-state index in [2.05, 4.69) is 29.8 Å². The van der Waals surface area contributed by atoms with Crippen molar-refractivity contribution in [2.75, 3.05) is 6.54 Å². The summed E-state index contributed by atoms with van der Waals surface area (Å²) in [7, 11) is 0. The molecule has 1 nitrogen and oxygen atoms in total. The lowest BCUT2D eigenvalue weighted by molar-refractivity contribution is 0.375. The lowest BCUT2D eigenvalue weighted by atomic mass is 9.91. The molecule has 0 bridgehead atoms. The van der Waals surface area contributed by atoms with Gasteiger partial charge in [0.15, 0.2) is 0 Å². The van der Waals surface area contributed by atoms with E-state index in [0.29, 0.717) is 6.04 Å². The molecule has 2 heteroatoms. The second kappa shape index (κ2) is 3.58. The van der Waals surface area contributed by atoms with Crippen molar-refractivity contribution in [1.29, 1.82) is 0 Å². The molecule has 2 atom stereocenters. The topological polar surface area (TPSA) is 12.0 Å². The molecule has 2 unspecified atom stereocenters. The van der Waals surface area contributed by atoms with Crippen molar-refractivity contribution in [3.63, 3.8) is 0 Å². The SMILES string of the molecule is CC1NCCCC1c1cccs1. The van der Waals surface area contributed by atoms with Crippen molar-refractivity contribution in [2.24, 2.45) is 0 Å². The molecular weight excluding hydrogens is 166 g/mol. The first kappa shape index (κ1) is 8.27. The van der Waals surface area contributed by atoms with Crippen LogP contribution in [0.25, 0.3) is 0 Å². The van der Waals surface area contributed by atoms with E-state index in [-0.39, 0.29) is 0 Å². The minimum atomic E-state index is 0.664. The van der Waals surface area contributed by atoms with E-state index < -0.39 is 0 Å². The molecule has 0 amide bonds. The Kier molecular flexibility index (Phi) is 2.47. The Hall–Kier alpha value is -0.340. The van der Waals surface area contributed by atoms with Crippen molar-refractivity contribution in [3.8, 4) is 0 Å². The van der Waals surface area contributed by atoms with Gasteiger partial charge in [-0.1, -0.05) is 6.07 Å². The molecule has 1 aromatic rings. The van der Waals surface area contributed by atoms with Crippen LogP contribution in [0.5, 0.6) is 0 Å². The molecule has 1 N–H and O–H groups in total. The maximum Gasteiger partial charge on any atom is 0.0115 e. The normalized spacial score (nSPS) is 30.4. The summed E-state index contributed by atoms with van der Waals surface area (Å²) in [6.45, 7) is 3.49. The number of rotatable bonds is 1. The Morgan fingerprint density at radius 3 is 3.17 bits per heavy atom. The van der Waals surface area contributed by atoms with Crippen LogP contribution < -0.4 is 5.32 Å². The van der Waals surface area contributed by atoms with Gasteiger partial charge in [0.1, 0.15) is 0 Å². The van der Waals surface area contributed by atoms with Crippen LogP contribution >= 0.6 is 11.3 Å². The molecule has 0 radical (unpaired) electrons. The first-order valence-electron chi connectivity index (χ1n) is 4.65. The summed E-state index contributed by atoms with van der Waals surface area (Å²) in [5, 5.41) is 5.70. The lowest BCUT2D eigenvalue weighted by Crippen LogP contribution is -2.37. The van der Waals surface area contributed by atoms with Crippen LogP contribution in [0.3, 0.4) is 0 Å². The van der Waals surface area contributed by atoms with Gasteiger partial charge in [0, 0.05) is 16.8 Å². The van der Waals surface area contributed by atoms with Crippen LogP contribution in [0.4, 0.5) is 0 Å². The molecule has 12 heavy (non-hydrogen) atoms. The zero-order valence-electron chi connectivity index (χ0n) is 7.42. The third-order valence-corrected chi connectivity index (χ3v) is 3.67. The van der Waals surface area contributed by atoms with Crippen molar-refractivity contribution in [2.45, 2.75) is 31.7 Å². The summed E-state index contributed by atoms with van der Waals surface area (Å²) in [4.78, 5) is 1.55. The first-order valence-corrected chi connectivity index (χ1v) is 5.52. The van der Waals surface area contributed by atoms with E-state index in [9.17, 15) is 0 Å². The highest BCUT2D eigenvalue weighted by Crippen LogP contribution is 2.30. The maximum absolute atomic E-state index is 3.53. The van der Waals surface area contributed by atoms with Gasteiger partial charge in [0.2, 0.25) is 0 Å². The van der Waals surface area contributed by atoms with Crippen molar-refractivity contribution in [1.82, 2.24) is 5.32 Å². The summed E-state index contributed by atoms with van der Waals surface area (Å²) >= 11 is 1.89. The Morgan fingerprint density at radius 1 is 1.58 bits per heavy atom. The molecule has 0 saturated carbocycles. The molecule has 2 rings (SSSR count). The average molecular weight is 181 g/mol. The molecule has 2 heterocycles. The summed E-state index contributed by atoms with van der Waals surface area (Å²) in [5.74, 6) is 0.763. The minimum absolute atomic E-state index is 0.664. The summed E-state index contributed by atoms with van der Waals surface area (Å²) in [5.41, 5.74) is 0. The molecule has 0 spiro atoms. The zero-order chi connectivity index (χ0) is 8.39. The highest BCUT2D eigenvalue weighted by Gasteiger charge is 2.22. The van der Waals surface area contributed by atoms with Crippen LogP contribution in [0.2, 0.25) is 0 Å². The standard InChI is InChI=1S/C10H15NS/c1-8-9(4-2-6-11-8)10-5-3-7-12-10/h3,5,7-9,11H,2,4,6H2,1H3. The number of nitrogens with one attached hydrogen (secondary N) is 1. The first-order chi connectivity index (χ1) is 5.88. The Morgan fingerprint density at radius 2 is 2.50 bits per heavy atom. The van der Waals surface area contributed by atoms with Gasteiger partial charge in [0.05, 0.1) is 0 Å². The molecule has 66 valence electrons. The fourth-order valence-corrected chi connectivity index (χ4v) is 2.90. The van der Waals surface area contributed by atoms with Crippen molar-refractivity contribution < 1.29 is 0 Å². The number of hydrogen-bond donors (Lipinski definition) is 1. The molecular formula is C10H15NS. The maximum atomic E-state index is 3.53. The highest BCUT2D eigenvalue weighted by atomic mass is 32.1. The average Bonchev–Trinajstić information content (AvgIpc) is 2.57. The molecule has 0 aliphatic carbocycles. The third-order valence-electron chi connectivity index (χ3n) is 2.67. The lowest BCUT2D eigenvalue weighted by Gasteiger charge is -2.29. The van der Waals surface area contributed by atoms with Crippen LogP contribution in [-0.2, 0) is 0 Å². The van der Waals surface area contributed by atoms with E-state index in [0.717, 1.165) is 5.92 Å². The van der Waals surface area contributed by atoms with Gasteiger partial charge in [-0.15, -0.1) is 11.3 Å². The van der Waals surface area contributed by atoms with Gasteiger partial charge < -0.3 is 5.32 Å². The third kappa shape index (κ3) is 1.54. The second-order valence-electron chi connectivity index (χ2n) is 3.51. The smallest absolute Gasteiger partial charge is 0.0115 e. The van der Waals surface area contributed by atoms with E-state index in [1.54, 1.807) is 4.88 Å². The van der Waals surface area contributed by atoms with E-state index in [1.807, 2.05) is 11.3 Å². The highest BCUT2D eigenvalue weighted by molar-refractivity contribution is 7.10. The molecule has 0 aromatic carbocycles. The number of hydrogen-bond acceptors (Lipinski definition) is 2. The largest absolute Gasteiger partial charge is 0.314 e. The molecule has 1 aromatic heterocycles. The van der Waals surface area contributed by atoms with Gasteiger partial charge in [-0.3, -0.25) is 0 Å².